The van der Waals surface area contributed by atoms with E-state index in [4.69, 9.17) is 0 Å². The molecule has 4 nitrogen and oxygen atoms in total. The molecule has 0 aliphatic heterocycles. The summed E-state index contributed by atoms with van der Waals surface area (Å²) in [6.07, 6.45) is 4.75. The van der Waals surface area contributed by atoms with E-state index in [1.807, 2.05) is 0 Å². The highest BCUT2D eigenvalue weighted by atomic mass is 127. The molecule has 0 saturated heterocycles. The Kier molecular flexibility index (Phi) is 6.14. The van der Waals surface area contributed by atoms with Gasteiger partial charge in [-0.25, -0.2) is 0 Å². The molecule has 16 heavy (non-hydrogen) atoms. The Morgan fingerprint density at radius 3 is 2.75 bits per heavy atom. The van der Waals surface area contributed by atoms with Gasteiger partial charge < -0.3 is 10.3 Å². The Morgan fingerprint density at radius 2 is 2.12 bits per heavy atom. The van der Waals surface area contributed by atoms with E-state index in [0.717, 1.165) is 17.3 Å². The quantitative estimate of drug-likeness (QED) is 0.473. The first-order valence-electron chi connectivity index (χ1n) is 5.27. The standard InChI is InChI=1S/C11H15IN2O2/c12-6-2-1-3-7-13-11(16)9-4-5-10(15)14-8-9/h4-5,8H,1-3,6-7H2,(H,13,16)(H,14,15). The van der Waals surface area contributed by atoms with Gasteiger partial charge in [-0.1, -0.05) is 29.0 Å². The van der Waals surface area contributed by atoms with E-state index < -0.39 is 0 Å². The van der Waals surface area contributed by atoms with Crippen molar-refractivity contribution in [3.63, 3.8) is 0 Å². The van der Waals surface area contributed by atoms with Crippen molar-refractivity contribution in [1.82, 2.24) is 10.3 Å². The third-order valence-electron chi connectivity index (χ3n) is 2.14. The first-order chi connectivity index (χ1) is 7.74. The molecule has 0 aliphatic rings. The van der Waals surface area contributed by atoms with Crippen LogP contribution in [0.5, 0.6) is 0 Å². The van der Waals surface area contributed by atoms with Gasteiger partial charge in [-0.3, -0.25) is 9.59 Å². The summed E-state index contributed by atoms with van der Waals surface area (Å²) < 4.78 is 1.16. The van der Waals surface area contributed by atoms with E-state index in [-0.39, 0.29) is 11.5 Å². The number of alkyl halides is 1. The maximum atomic E-state index is 11.6. The van der Waals surface area contributed by atoms with Crippen LogP contribution in [0.2, 0.25) is 0 Å². The number of amides is 1. The number of hydrogen-bond acceptors (Lipinski definition) is 2. The number of unbranched alkanes of at least 4 members (excludes halogenated alkanes) is 2. The zero-order valence-electron chi connectivity index (χ0n) is 8.96. The Labute approximate surface area is 108 Å². The second-order valence-corrected chi connectivity index (χ2v) is 4.53. The van der Waals surface area contributed by atoms with E-state index in [0.29, 0.717) is 12.1 Å². The molecule has 2 N–H and O–H groups in total. The Hall–Kier alpha value is -0.850. The third-order valence-corrected chi connectivity index (χ3v) is 2.91. The van der Waals surface area contributed by atoms with Crippen LogP contribution >= 0.6 is 22.6 Å². The number of aromatic amines is 1. The van der Waals surface area contributed by atoms with Crippen LogP contribution in [-0.2, 0) is 0 Å². The lowest BCUT2D eigenvalue weighted by Gasteiger charge is -2.04. The number of halogens is 1. The molecule has 5 heteroatoms. The normalized spacial score (nSPS) is 10.1. The first kappa shape index (κ1) is 13.2. The topological polar surface area (TPSA) is 62.0 Å². The smallest absolute Gasteiger partial charge is 0.252 e. The molecular weight excluding hydrogens is 319 g/mol. The largest absolute Gasteiger partial charge is 0.352 e. The number of pyridine rings is 1. The second-order valence-electron chi connectivity index (χ2n) is 3.45. The van der Waals surface area contributed by atoms with Gasteiger partial charge in [0.25, 0.3) is 5.91 Å². The van der Waals surface area contributed by atoms with Crippen molar-refractivity contribution in [1.29, 1.82) is 0 Å². The second kappa shape index (κ2) is 7.43. The molecule has 1 rings (SSSR count). The molecule has 1 aromatic rings. The summed E-state index contributed by atoms with van der Waals surface area (Å²) in [6, 6.07) is 2.88. The summed E-state index contributed by atoms with van der Waals surface area (Å²) in [6.45, 7) is 0.689. The van der Waals surface area contributed by atoms with Gasteiger partial charge in [0.1, 0.15) is 0 Å². The number of nitrogens with one attached hydrogen (secondary N) is 2. The number of aromatic nitrogens is 1. The molecule has 1 amide bonds. The number of carbonyl (C=O) groups excluding carboxylic acids is 1. The lowest BCUT2D eigenvalue weighted by Crippen LogP contribution is -2.25. The number of carbonyl (C=O) groups is 1. The molecule has 0 aromatic carbocycles. The molecule has 1 heterocycles. The molecule has 88 valence electrons. The van der Waals surface area contributed by atoms with Gasteiger partial charge >= 0.3 is 0 Å². The van der Waals surface area contributed by atoms with Gasteiger partial charge in [0.2, 0.25) is 5.56 Å². The number of hydrogen-bond donors (Lipinski definition) is 2. The summed E-state index contributed by atoms with van der Waals surface area (Å²) in [5.74, 6) is -0.134. The van der Waals surface area contributed by atoms with Crippen molar-refractivity contribution < 1.29 is 4.79 Å². The molecule has 0 fully saturated rings. The fourth-order valence-corrected chi connectivity index (χ4v) is 1.79. The zero-order valence-corrected chi connectivity index (χ0v) is 11.1. The van der Waals surface area contributed by atoms with Crippen LogP contribution in [0.4, 0.5) is 0 Å². The third kappa shape index (κ3) is 4.78. The zero-order chi connectivity index (χ0) is 11.8. The van der Waals surface area contributed by atoms with E-state index >= 15 is 0 Å². The van der Waals surface area contributed by atoms with Crippen molar-refractivity contribution in [2.24, 2.45) is 0 Å². The predicted molar refractivity (Wildman–Crippen MR) is 72.1 cm³/mol. The van der Waals surface area contributed by atoms with Crippen LogP contribution in [0, 0.1) is 0 Å². The number of H-pyrrole nitrogens is 1. The Morgan fingerprint density at radius 1 is 1.31 bits per heavy atom. The maximum Gasteiger partial charge on any atom is 0.252 e. The van der Waals surface area contributed by atoms with Crippen molar-refractivity contribution in [2.75, 3.05) is 11.0 Å². The maximum absolute atomic E-state index is 11.6. The van der Waals surface area contributed by atoms with Crippen LogP contribution in [0.25, 0.3) is 0 Å². The lowest BCUT2D eigenvalue weighted by atomic mass is 10.2. The summed E-state index contributed by atoms with van der Waals surface area (Å²) in [4.78, 5) is 24.8. The van der Waals surface area contributed by atoms with Crippen LogP contribution in [0.15, 0.2) is 23.1 Å². The average Bonchev–Trinajstić information content (AvgIpc) is 2.29. The predicted octanol–water partition coefficient (Wildman–Crippen LogP) is 1.71. The highest BCUT2D eigenvalue weighted by Gasteiger charge is 2.03. The fourth-order valence-electron chi connectivity index (χ4n) is 1.25. The molecule has 0 spiro atoms. The van der Waals surface area contributed by atoms with Gasteiger partial charge in [0, 0.05) is 18.8 Å². The molecule has 0 aliphatic carbocycles. The fraction of sp³-hybridized carbons (Fsp3) is 0.455. The summed E-state index contributed by atoms with van der Waals surface area (Å²) in [5.41, 5.74) is 0.298. The molecular formula is C11H15IN2O2. The first-order valence-corrected chi connectivity index (χ1v) is 6.79. The van der Waals surface area contributed by atoms with E-state index in [9.17, 15) is 9.59 Å². The highest BCUT2D eigenvalue weighted by Crippen LogP contribution is 1.98. The Balaban J connectivity index is 2.30. The molecule has 0 atom stereocenters. The van der Waals surface area contributed by atoms with Crippen molar-refractivity contribution >= 4 is 28.5 Å². The van der Waals surface area contributed by atoms with Gasteiger partial charge in [-0.05, 0) is 23.3 Å². The molecule has 1 aromatic heterocycles. The van der Waals surface area contributed by atoms with Gasteiger partial charge in [0.15, 0.2) is 0 Å². The summed E-state index contributed by atoms with van der Waals surface area (Å²) in [5, 5.41) is 2.81. The molecule has 0 unspecified atom stereocenters. The minimum Gasteiger partial charge on any atom is -0.352 e. The summed E-state index contributed by atoms with van der Waals surface area (Å²) in [7, 11) is 0. The minimum absolute atomic E-state index is 0.134. The van der Waals surface area contributed by atoms with Gasteiger partial charge in [0.05, 0.1) is 5.56 Å². The van der Waals surface area contributed by atoms with Gasteiger partial charge in [-0.15, -0.1) is 0 Å². The SMILES string of the molecule is O=C(NCCCCCI)c1ccc(=O)[nH]c1. The molecule has 0 bridgehead atoms. The average molecular weight is 334 g/mol. The lowest BCUT2D eigenvalue weighted by molar-refractivity contribution is 0.0952. The van der Waals surface area contributed by atoms with Crippen LogP contribution in [0.1, 0.15) is 29.6 Å². The van der Waals surface area contributed by atoms with Crippen LogP contribution in [-0.4, -0.2) is 21.9 Å². The van der Waals surface area contributed by atoms with Crippen molar-refractivity contribution in [3.05, 3.63) is 34.2 Å². The van der Waals surface area contributed by atoms with E-state index in [2.05, 4.69) is 32.9 Å². The highest BCUT2D eigenvalue weighted by molar-refractivity contribution is 14.1. The minimum atomic E-state index is -0.196. The summed E-state index contributed by atoms with van der Waals surface area (Å²) >= 11 is 2.34. The van der Waals surface area contributed by atoms with Crippen LogP contribution in [0.3, 0.4) is 0 Å². The van der Waals surface area contributed by atoms with E-state index in [1.54, 1.807) is 0 Å². The van der Waals surface area contributed by atoms with Crippen LogP contribution < -0.4 is 10.9 Å². The molecule has 0 saturated carbocycles. The number of rotatable bonds is 6. The van der Waals surface area contributed by atoms with Crippen molar-refractivity contribution in [3.8, 4) is 0 Å². The van der Waals surface area contributed by atoms with Gasteiger partial charge in [-0.2, -0.15) is 0 Å². The molecule has 0 radical (unpaired) electrons. The van der Waals surface area contributed by atoms with E-state index in [1.165, 1.54) is 24.8 Å². The monoisotopic (exact) mass is 334 g/mol. The Bertz CT molecular complexity index is 369. The van der Waals surface area contributed by atoms with Crippen molar-refractivity contribution in [2.45, 2.75) is 19.3 Å².